The van der Waals surface area contributed by atoms with Gasteiger partial charge in [0.05, 0.1) is 43.3 Å². The first-order chi connectivity index (χ1) is 24.6. The number of nitrogens with zero attached hydrogens (tertiary/aromatic N) is 8. The third-order valence-corrected chi connectivity index (χ3v) is 11.0. The van der Waals surface area contributed by atoms with Crippen LogP contribution in [0.2, 0.25) is 0 Å². The van der Waals surface area contributed by atoms with Gasteiger partial charge in [-0.2, -0.15) is 5.26 Å². The number of aliphatic hydroxyl groups is 1. The molecule has 13 nitrogen and oxygen atoms in total. The molecule has 264 valence electrons. The highest BCUT2D eigenvalue weighted by molar-refractivity contribution is 6.08. The molecule has 2 saturated heterocycles. The molecule has 1 aliphatic carbocycles. The van der Waals surface area contributed by atoms with E-state index in [2.05, 4.69) is 51.9 Å². The molecule has 2 fully saturated rings. The Hall–Kier alpha value is -5.03. The van der Waals surface area contributed by atoms with E-state index in [0.29, 0.717) is 70.4 Å². The predicted molar refractivity (Wildman–Crippen MR) is 193 cm³/mol. The molecule has 4 aromatic rings. The van der Waals surface area contributed by atoms with Crippen LogP contribution in [0.1, 0.15) is 53.6 Å². The van der Waals surface area contributed by atoms with Crippen LogP contribution in [-0.2, 0) is 37.8 Å². The van der Waals surface area contributed by atoms with Gasteiger partial charge in [-0.25, -0.2) is 9.97 Å². The van der Waals surface area contributed by atoms with Crippen molar-refractivity contribution in [2.24, 2.45) is 12.5 Å². The fourth-order valence-electron chi connectivity index (χ4n) is 8.32. The number of ether oxygens (including phenoxy) is 1. The molecule has 1 atom stereocenters. The summed E-state index contributed by atoms with van der Waals surface area (Å²) in [5.74, 6) is 0.577. The summed E-state index contributed by atoms with van der Waals surface area (Å²) in [5, 5.41) is 24.1. The van der Waals surface area contributed by atoms with Crippen LogP contribution in [0, 0.1) is 16.7 Å². The number of nitriles is 1. The van der Waals surface area contributed by atoms with E-state index in [9.17, 15) is 20.0 Å². The highest BCUT2D eigenvalue weighted by Crippen LogP contribution is 2.42. The number of anilines is 4. The Morgan fingerprint density at radius 2 is 1.92 bits per heavy atom. The number of aliphatic hydroxyl groups excluding tert-OH is 1. The van der Waals surface area contributed by atoms with Crippen molar-refractivity contribution in [3.05, 3.63) is 81.3 Å². The molecule has 3 aliphatic heterocycles. The average Bonchev–Trinajstić information content (AvgIpc) is 3.56. The van der Waals surface area contributed by atoms with Crippen LogP contribution < -0.4 is 20.7 Å². The van der Waals surface area contributed by atoms with Gasteiger partial charge in [-0.3, -0.25) is 19.4 Å². The molecule has 0 spiro atoms. The van der Waals surface area contributed by atoms with Crippen molar-refractivity contribution in [1.29, 1.82) is 5.26 Å². The molecule has 0 bridgehead atoms. The molecular formula is C38H43N9O4. The number of pyridine rings is 3. The molecule has 13 heteroatoms. The van der Waals surface area contributed by atoms with Crippen molar-refractivity contribution in [2.75, 3.05) is 54.5 Å². The van der Waals surface area contributed by atoms with Crippen molar-refractivity contribution in [3.8, 4) is 17.2 Å². The molecule has 0 radical (unpaired) electrons. The number of piperazine rings is 1. The van der Waals surface area contributed by atoms with Gasteiger partial charge in [0.2, 0.25) is 0 Å². The van der Waals surface area contributed by atoms with Crippen molar-refractivity contribution in [3.63, 3.8) is 0 Å². The van der Waals surface area contributed by atoms with Crippen molar-refractivity contribution in [1.82, 2.24) is 24.0 Å². The topological polar surface area (TPSA) is 145 Å². The van der Waals surface area contributed by atoms with E-state index >= 15 is 0 Å². The number of aromatic nitrogens is 4. The normalized spacial score (nSPS) is 20.2. The highest BCUT2D eigenvalue weighted by Gasteiger charge is 2.41. The van der Waals surface area contributed by atoms with Crippen molar-refractivity contribution >= 4 is 28.9 Å². The van der Waals surface area contributed by atoms with Crippen LogP contribution in [0.25, 0.3) is 11.1 Å². The standard InChI is InChI=1S/C38H43N9O4/c1-23-18-44(26-21-51-22-26)9-10-45(23)25-5-6-33(41-17-25)42-31-13-24(19-43(4)36(31)49)27-7-8-40-35(30(27)20-48)47-12-11-46-32-15-38(2,3)14-28(32)29(16-39)34(46)37(47)50/h5-8,13,17,19,23,26,48H,9-12,14-15,18,20-22H2,1-4H3,(H,41,42)/t23-/m0/s1. The summed E-state index contributed by atoms with van der Waals surface area (Å²) in [5.41, 5.74) is 5.82. The van der Waals surface area contributed by atoms with Gasteiger partial charge in [-0.15, -0.1) is 0 Å². The first kappa shape index (κ1) is 33.1. The summed E-state index contributed by atoms with van der Waals surface area (Å²) in [6.07, 6.45) is 6.73. The fraction of sp³-hybridized carbons (Fsp3) is 0.447. The first-order valence-corrected chi connectivity index (χ1v) is 17.6. The second kappa shape index (κ2) is 12.6. The van der Waals surface area contributed by atoms with Gasteiger partial charge in [-0.05, 0) is 60.6 Å². The highest BCUT2D eigenvalue weighted by atomic mass is 16.5. The molecule has 1 amide bonds. The number of rotatable bonds is 7. The maximum atomic E-state index is 14.1. The number of hydrogen-bond acceptors (Lipinski definition) is 10. The van der Waals surface area contributed by atoms with Gasteiger partial charge < -0.3 is 29.2 Å². The molecule has 0 aromatic carbocycles. The Labute approximate surface area is 296 Å². The van der Waals surface area contributed by atoms with E-state index in [-0.39, 0.29) is 23.5 Å². The van der Waals surface area contributed by atoms with Gasteiger partial charge in [0.25, 0.3) is 11.5 Å². The third-order valence-electron chi connectivity index (χ3n) is 11.0. The second-order valence-corrected chi connectivity index (χ2v) is 15.0. The minimum absolute atomic E-state index is 0.0432. The molecule has 7 heterocycles. The van der Waals surface area contributed by atoms with Crippen LogP contribution in [-0.4, -0.2) is 86.5 Å². The quantitative estimate of drug-likeness (QED) is 0.296. The fourth-order valence-corrected chi connectivity index (χ4v) is 8.32. The lowest BCUT2D eigenvalue weighted by atomic mass is 9.89. The number of fused-ring (bicyclic) bond motifs is 3. The molecular weight excluding hydrogens is 646 g/mol. The summed E-state index contributed by atoms with van der Waals surface area (Å²) < 4.78 is 8.89. The summed E-state index contributed by atoms with van der Waals surface area (Å²) in [4.78, 5) is 43.1. The Bertz CT molecular complexity index is 2130. The molecule has 0 unspecified atom stereocenters. The van der Waals surface area contributed by atoms with Gasteiger partial charge in [0, 0.05) is 75.0 Å². The Balaban J connectivity index is 1.05. The van der Waals surface area contributed by atoms with E-state index in [1.165, 1.54) is 4.57 Å². The number of aryl methyl sites for hydroxylation is 1. The summed E-state index contributed by atoms with van der Waals surface area (Å²) in [7, 11) is 1.68. The van der Waals surface area contributed by atoms with Crippen molar-refractivity contribution in [2.45, 2.75) is 58.8 Å². The minimum Gasteiger partial charge on any atom is -0.392 e. The Kier molecular flexibility index (Phi) is 8.21. The minimum atomic E-state index is -0.380. The van der Waals surface area contributed by atoms with Crippen molar-refractivity contribution < 1.29 is 14.6 Å². The van der Waals surface area contributed by atoms with Gasteiger partial charge in [0.15, 0.2) is 0 Å². The van der Waals surface area contributed by atoms with E-state index in [1.807, 2.05) is 22.9 Å². The molecule has 51 heavy (non-hydrogen) atoms. The zero-order chi connectivity index (χ0) is 35.6. The van der Waals surface area contributed by atoms with Crippen LogP contribution in [0.5, 0.6) is 0 Å². The van der Waals surface area contributed by atoms with Gasteiger partial charge in [-0.1, -0.05) is 13.8 Å². The summed E-state index contributed by atoms with van der Waals surface area (Å²) >= 11 is 0. The average molecular weight is 690 g/mol. The zero-order valence-electron chi connectivity index (χ0n) is 29.5. The SMILES string of the molecule is C[C@H]1CN(C2COC2)CCN1c1ccc(Nc2cc(-c3ccnc(N4CCn5c6c(c(C#N)c5C4=O)CC(C)(C)C6)c3CO)cn(C)c2=O)nc1. The smallest absolute Gasteiger partial charge is 0.277 e. The Morgan fingerprint density at radius 1 is 1.10 bits per heavy atom. The number of hydrogen-bond donors (Lipinski definition) is 2. The molecule has 2 N–H and O–H groups in total. The number of nitrogens with one attached hydrogen (secondary N) is 1. The number of carbonyl (C=O) groups is 1. The maximum Gasteiger partial charge on any atom is 0.277 e. The van der Waals surface area contributed by atoms with Crippen LogP contribution in [0.4, 0.5) is 23.0 Å². The van der Waals surface area contributed by atoms with Gasteiger partial charge >= 0.3 is 0 Å². The summed E-state index contributed by atoms with van der Waals surface area (Å²) in [6, 6.07) is 10.6. The molecule has 8 rings (SSSR count). The predicted octanol–water partition coefficient (Wildman–Crippen LogP) is 3.45. The third kappa shape index (κ3) is 5.67. The molecule has 4 aromatic heterocycles. The van der Waals surface area contributed by atoms with Crippen LogP contribution in [0.3, 0.4) is 0 Å². The molecule has 0 saturated carbocycles. The molecule has 4 aliphatic rings. The lowest BCUT2D eigenvalue weighted by molar-refractivity contribution is -0.0691. The summed E-state index contributed by atoms with van der Waals surface area (Å²) in [6.45, 7) is 11.6. The van der Waals surface area contributed by atoms with E-state index in [4.69, 9.17) is 4.74 Å². The van der Waals surface area contributed by atoms with E-state index in [0.717, 1.165) is 62.6 Å². The maximum absolute atomic E-state index is 14.1. The van der Waals surface area contributed by atoms with E-state index in [1.54, 1.807) is 36.5 Å². The number of amides is 1. The largest absolute Gasteiger partial charge is 0.392 e. The number of carbonyl (C=O) groups excluding carboxylic acids is 1. The lowest BCUT2D eigenvalue weighted by Gasteiger charge is -2.46. The first-order valence-electron chi connectivity index (χ1n) is 17.6. The Morgan fingerprint density at radius 3 is 2.61 bits per heavy atom. The monoisotopic (exact) mass is 689 g/mol. The van der Waals surface area contributed by atoms with Crippen LogP contribution >= 0.6 is 0 Å². The van der Waals surface area contributed by atoms with Crippen LogP contribution in [0.15, 0.2) is 47.7 Å². The second-order valence-electron chi connectivity index (χ2n) is 15.0. The zero-order valence-corrected chi connectivity index (χ0v) is 29.5. The lowest BCUT2D eigenvalue weighted by Crippen LogP contribution is -2.59. The van der Waals surface area contributed by atoms with E-state index < -0.39 is 0 Å². The van der Waals surface area contributed by atoms with Gasteiger partial charge in [0.1, 0.15) is 29.1 Å².